The molecule has 1 aliphatic carbocycles. The van der Waals surface area contributed by atoms with Crippen molar-refractivity contribution in [2.45, 2.75) is 36.0 Å². The highest BCUT2D eigenvalue weighted by Crippen LogP contribution is 2.51. The summed E-state index contributed by atoms with van der Waals surface area (Å²) >= 11 is 0. The second-order valence-corrected chi connectivity index (χ2v) is 8.01. The quantitative estimate of drug-likeness (QED) is 0.242. The van der Waals surface area contributed by atoms with E-state index in [2.05, 4.69) is 15.3 Å². The Balaban J connectivity index is 1.55. The van der Waals surface area contributed by atoms with Crippen molar-refractivity contribution in [1.29, 1.82) is 0 Å². The minimum absolute atomic E-state index is 0.0553. The Kier molecular flexibility index (Phi) is 3.64. The van der Waals surface area contributed by atoms with E-state index in [0.717, 1.165) is 6.33 Å². The number of hydrogen-bond donors (Lipinski definition) is 6. The van der Waals surface area contributed by atoms with Crippen molar-refractivity contribution in [2.75, 3.05) is 11.9 Å². The van der Waals surface area contributed by atoms with Crippen LogP contribution in [0.1, 0.15) is 22.1 Å². The van der Waals surface area contributed by atoms with Crippen molar-refractivity contribution in [3.63, 3.8) is 0 Å². The number of ketones is 1. The van der Waals surface area contributed by atoms with E-state index in [1.165, 1.54) is 16.7 Å². The number of aliphatic hydroxyl groups is 5. The molecule has 6 rings (SSSR count). The minimum atomic E-state index is -2.68. The molecule has 0 amide bonds. The number of aromatic nitrogens is 4. The standard InChI is InChI=1S/C19H17N5O8/c25-5-9-11(26)12(27)16(32-9)23-6-20-10-14(23)21-17-22-18(30)8-4-2-1-3-7(8)13(28)19(18,31)24(17)15(10)29/h1-4,6,9,11-12,16,25-27,30-31H,5H2,(H,21,22)/t9-,11+,12+,16-,18+,19+/m0/s1. The Morgan fingerprint density at radius 3 is 2.62 bits per heavy atom. The molecule has 3 aromatic rings. The predicted molar refractivity (Wildman–Crippen MR) is 103 cm³/mol. The maximum atomic E-state index is 13.3. The van der Waals surface area contributed by atoms with Gasteiger partial charge in [0.1, 0.15) is 18.3 Å². The number of nitrogens with zero attached hydrogens (tertiary/aromatic N) is 4. The number of benzene rings is 1. The maximum Gasteiger partial charge on any atom is 0.286 e. The van der Waals surface area contributed by atoms with Gasteiger partial charge in [-0.1, -0.05) is 24.3 Å². The van der Waals surface area contributed by atoms with Gasteiger partial charge >= 0.3 is 0 Å². The number of imidazole rings is 1. The average molecular weight is 443 g/mol. The van der Waals surface area contributed by atoms with Crippen LogP contribution in [-0.4, -0.2) is 75.3 Å². The summed E-state index contributed by atoms with van der Waals surface area (Å²) in [6.45, 7) is -0.546. The normalized spacial score (nSPS) is 35.1. The van der Waals surface area contributed by atoms with E-state index >= 15 is 0 Å². The molecule has 13 heteroatoms. The van der Waals surface area contributed by atoms with Crippen molar-refractivity contribution in [3.8, 4) is 0 Å². The number of carbonyl (C=O) groups is 1. The molecule has 13 nitrogen and oxygen atoms in total. The predicted octanol–water partition coefficient (Wildman–Crippen LogP) is -2.68. The first-order chi connectivity index (χ1) is 15.2. The molecule has 6 N–H and O–H groups in total. The van der Waals surface area contributed by atoms with Gasteiger partial charge in [0.25, 0.3) is 11.3 Å². The highest BCUT2D eigenvalue weighted by atomic mass is 16.6. The van der Waals surface area contributed by atoms with E-state index < -0.39 is 53.9 Å². The molecule has 4 heterocycles. The van der Waals surface area contributed by atoms with Crippen LogP contribution in [0.3, 0.4) is 0 Å². The summed E-state index contributed by atoms with van der Waals surface area (Å²) in [6, 6.07) is 6.02. The fraction of sp³-hybridized carbons (Fsp3) is 0.368. The molecule has 1 fully saturated rings. The number of anilines is 1. The smallest absolute Gasteiger partial charge is 0.286 e. The highest BCUT2D eigenvalue weighted by molar-refractivity contribution is 6.08. The number of aliphatic hydroxyl groups excluding tert-OH is 3. The first-order valence-electron chi connectivity index (χ1n) is 9.73. The van der Waals surface area contributed by atoms with Crippen molar-refractivity contribution < 1.29 is 35.1 Å². The number of nitrogens with one attached hydrogen (secondary N) is 1. The van der Waals surface area contributed by atoms with Gasteiger partial charge in [-0.2, -0.15) is 4.98 Å². The number of fused-ring (bicyclic) bond motifs is 6. The van der Waals surface area contributed by atoms with E-state index in [1.54, 1.807) is 12.1 Å². The van der Waals surface area contributed by atoms with Gasteiger partial charge in [-0.25, -0.2) is 9.55 Å². The van der Waals surface area contributed by atoms with Crippen LogP contribution >= 0.6 is 0 Å². The van der Waals surface area contributed by atoms with Crippen molar-refractivity contribution in [1.82, 2.24) is 19.1 Å². The molecular formula is C19H17N5O8. The third kappa shape index (κ3) is 1.98. The second kappa shape index (κ2) is 5.98. The van der Waals surface area contributed by atoms with Gasteiger partial charge in [0.05, 0.1) is 12.9 Å². The molecule has 6 atom stereocenters. The Bertz CT molecular complexity index is 1370. The van der Waals surface area contributed by atoms with Crippen LogP contribution in [0, 0.1) is 0 Å². The van der Waals surface area contributed by atoms with Crippen molar-refractivity contribution in [2.24, 2.45) is 0 Å². The van der Waals surface area contributed by atoms with Crippen molar-refractivity contribution in [3.05, 3.63) is 52.1 Å². The molecule has 0 bridgehead atoms. The lowest BCUT2D eigenvalue weighted by Crippen LogP contribution is -2.54. The van der Waals surface area contributed by atoms with Crippen LogP contribution in [0.4, 0.5) is 5.95 Å². The zero-order valence-corrected chi connectivity index (χ0v) is 16.2. The summed E-state index contributed by atoms with van der Waals surface area (Å²) in [5.74, 6) is -1.18. The topological polar surface area (TPSA) is 192 Å². The lowest BCUT2D eigenvalue weighted by Gasteiger charge is -2.29. The van der Waals surface area contributed by atoms with Crippen LogP contribution < -0.4 is 10.9 Å². The molecule has 32 heavy (non-hydrogen) atoms. The molecule has 2 aromatic heterocycles. The van der Waals surface area contributed by atoms with E-state index in [-0.39, 0.29) is 28.2 Å². The summed E-state index contributed by atoms with van der Waals surface area (Å²) in [7, 11) is 0. The first-order valence-corrected chi connectivity index (χ1v) is 9.73. The zero-order chi connectivity index (χ0) is 22.6. The molecule has 0 radical (unpaired) electrons. The average Bonchev–Trinajstić information content (AvgIpc) is 3.44. The first kappa shape index (κ1) is 19.5. The fourth-order valence-corrected chi connectivity index (χ4v) is 4.76. The van der Waals surface area contributed by atoms with Gasteiger partial charge in [0.2, 0.25) is 17.5 Å². The van der Waals surface area contributed by atoms with Crippen LogP contribution in [0.5, 0.6) is 0 Å². The Morgan fingerprint density at radius 2 is 1.91 bits per heavy atom. The number of carbonyl (C=O) groups excluding carboxylic acids is 1. The Hall–Kier alpha value is -3.20. The molecule has 0 unspecified atom stereocenters. The van der Waals surface area contributed by atoms with Gasteiger partial charge in [-0.15, -0.1) is 0 Å². The summed E-state index contributed by atoms with van der Waals surface area (Å²) in [5.41, 5.74) is -6.16. The Morgan fingerprint density at radius 1 is 1.16 bits per heavy atom. The molecule has 0 saturated carbocycles. The van der Waals surface area contributed by atoms with E-state index in [9.17, 15) is 35.1 Å². The number of Topliss-reactive ketones (excluding diaryl/α,β-unsaturated/α-hetero) is 1. The summed E-state index contributed by atoms with van der Waals surface area (Å²) < 4.78 is 7.33. The van der Waals surface area contributed by atoms with Crippen LogP contribution in [0.2, 0.25) is 0 Å². The molecular weight excluding hydrogens is 426 g/mol. The lowest BCUT2D eigenvalue weighted by atomic mass is 10.0. The minimum Gasteiger partial charge on any atom is -0.394 e. The molecule has 166 valence electrons. The Labute approximate surface area is 177 Å². The van der Waals surface area contributed by atoms with Gasteiger partial charge in [0, 0.05) is 11.1 Å². The number of hydrogen-bond acceptors (Lipinski definition) is 11. The summed E-state index contributed by atoms with van der Waals surface area (Å²) in [6.07, 6.45) is -3.95. The highest BCUT2D eigenvalue weighted by Gasteiger charge is 2.69. The molecule has 3 aliphatic rings. The molecule has 1 aromatic carbocycles. The van der Waals surface area contributed by atoms with E-state index in [1.807, 2.05) is 0 Å². The van der Waals surface area contributed by atoms with E-state index in [0.29, 0.717) is 4.57 Å². The summed E-state index contributed by atoms with van der Waals surface area (Å²) in [5, 5.41) is 54.9. The van der Waals surface area contributed by atoms with E-state index in [4.69, 9.17) is 4.74 Å². The lowest BCUT2D eigenvalue weighted by molar-refractivity contribution is -0.139. The summed E-state index contributed by atoms with van der Waals surface area (Å²) in [4.78, 5) is 34.6. The van der Waals surface area contributed by atoms with Crippen LogP contribution in [-0.2, 0) is 16.2 Å². The van der Waals surface area contributed by atoms with Crippen LogP contribution in [0.25, 0.3) is 11.2 Å². The third-order valence-electron chi connectivity index (χ3n) is 6.39. The number of ether oxygens (including phenoxy) is 1. The van der Waals surface area contributed by atoms with Gasteiger partial charge in [-0.05, 0) is 0 Å². The van der Waals surface area contributed by atoms with Gasteiger partial charge < -0.3 is 35.6 Å². The van der Waals surface area contributed by atoms with Gasteiger partial charge in [-0.3, -0.25) is 14.2 Å². The second-order valence-electron chi connectivity index (χ2n) is 8.01. The monoisotopic (exact) mass is 443 g/mol. The molecule has 0 spiro atoms. The number of rotatable bonds is 2. The SMILES string of the molecule is O=C1c2ccccc2[C@]2(O)Nc3nc4c(ncn4[C@H]4O[C@@H](CO)[C@@H](O)[C@H]4O)c(=O)n3[C@@]12O. The van der Waals surface area contributed by atoms with Gasteiger partial charge in [0.15, 0.2) is 17.4 Å². The van der Waals surface area contributed by atoms with Crippen molar-refractivity contribution >= 4 is 22.9 Å². The molecule has 1 saturated heterocycles. The van der Waals surface area contributed by atoms with Crippen LogP contribution in [0.15, 0.2) is 35.4 Å². The zero-order valence-electron chi connectivity index (χ0n) is 16.2. The largest absolute Gasteiger partial charge is 0.394 e. The third-order valence-corrected chi connectivity index (χ3v) is 6.39. The maximum absolute atomic E-state index is 13.3. The fourth-order valence-electron chi connectivity index (χ4n) is 4.76. The molecule has 2 aliphatic heterocycles.